The lowest BCUT2D eigenvalue weighted by molar-refractivity contribution is 0.0523. The molecular formula is C14H15ClN2O3. The Morgan fingerprint density at radius 1 is 1.45 bits per heavy atom. The summed E-state index contributed by atoms with van der Waals surface area (Å²) in [7, 11) is 0. The zero-order valence-corrected chi connectivity index (χ0v) is 12.1. The molecule has 0 aromatic carbocycles. The first-order valence-corrected chi connectivity index (χ1v) is 6.87. The van der Waals surface area contributed by atoms with Crippen molar-refractivity contribution in [2.45, 2.75) is 20.3 Å². The summed E-state index contributed by atoms with van der Waals surface area (Å²) >= 11 is 5.79. The molecule has 0 bridgehead atoms. The van der Waals surface area contributed by atoms with Gasteiger partial charge in [-0.2, -0.15) is 0 Å². The van der Waals surface area contributed by atoms with Gasteiger partial charge in [-0.05, 0) is 38.0 Å². The van der Waals surface area contributed by atoms with Crippen LogP contribution in [0, 0.1) is 6.92 Å². The van der Waals surface area contributed by atoms with Crippen LogP contribution in [-0.2, 0) is 11.2 Å². The van der Waals surface area contributed by atoms with Gasteiger partial charge < -0.3 is 9.72 Å². The Hall–Kier alpha value is -1.88. The number of hydrogen-bond donors (Lipinski definition) is 1. The number of carbonyl (C=O) groups is 1. The van der Waals surface area contributed by atoms with Crippen LogP contribution in [0.4, 0.5) is 0 Å². The molecule has 2 aromatic rings. The van der Waals surface area contributed by atoms with E-state index in [1.165, 1.54) is 0 Å². The Labute approximate surface area is 120 Å². The van der Waals surface area contributed by atoms with Gasteiger partial charge in [-0.15, -0.1) is 11.6 Å². The molecule has 0 spiro atoms. The van der Waals surface area contributed by atoms with Gasteiger partial charge in [0.2, 0.25) is 0 Å². The fraction of sp³-hybridized carbons (Fsp3) is 0.357. The molecule has 0 radical (unpaired) electrons. The molecule has 0 aliphatic carbocycles. The van der Waals surface area contributed by atoms with Crippen molar-refractivity contribution in [2.75, 3.05) is 12.5 Å². The van der Waals surface area contributed by atoms with Crippen LogP contribution in [-0.4, -0.2) is 28.4 Å². The van der Waals surface area contributed by atoms with Gasteiger partial charge in [0, 0.05) is 17.0 Å². The summed E-state index contributed by atoms with van der Waals surface area (Å²) in [6.45, 7) is 3.74. The topological polar surface area (TPSA) is 72.0 Å². The molecule has 2 aromatic heterocycles. The highest BCUT2D eigenvalue weighted by molar-refractivity contribution is 6.18. The van der Waals surface area contributed by atoms with Crippen molar-refractivity contribution in [3.8, 4) is 0 Å². The molecule has 0 saturated carbocycles. The van der Waals surface area contributed by atoms with Crippen molar-refractivity contribution in [2.24, 2.45) is 0 Å². The number of nitrogens with zero attached hydrogens (tertiary/aromatic N) is 1. The lowest BCUT2D eigenvalue weighted by atomic mass is 10.0. The largest absolute Gasteiger partial charge is 0.462 e. The highest BCUT2D eigenvalue weighted by Gasteiger charge is 2.20. The minimum Gasteiger partial charge on any atom is -0.462 e. The van der Waals surface area contributed by atoms with E-state index in [-0.39, 0.29) is 12.2 Å². The van der Waals surface area contributed by atoms with Gasteiger partial charge in [-0.1, -0.05) is 0 Å². The molecular weight excluding hydrogens is 280 g/mol. The fourth-order valence-electron chi connectivity index (χ4n) is 2.11. The summed E-state index contributed by atoms with van der Waals surface area (Å²) in [5, 5.41) is 0.721. The molecule has 0 amide bonds. The Balaban J connectivity index is 2.76. The number of aromatic nitrogens is 2. The van der Waals surface area contributed by atoms with Crippen LogP contribution in [0.15, 0.2) is 16.9 Å². The van der Waals surface area contributed by atoms with Gasteiger partial charge in [0.25, 0.3) is 5.56 Å². The maximum Gasteiger partial charge on any atom is 0.344 e. The molecule has 0 atom stereocenters. The number of carbonyl (C=O) groups excluding carboxylic acids is 1. The molecule has 6 heteroatoms. The number of aromatic amines is 1. The number of pyridine rings is 2. The summed E-state index contributed by atoms with van der Waals surface area (Å²) in [5.74, 6) is -0.324. The molecule has 0 unspecified atom stereocenters. The molecule has 0 saturated heterocycles. The number of fused-ring (bicyclic) bond motifs is 1. The van der Waals surface area contributed by atoms with Crippen molar-refractivity contribution in [3.63, 3.8) is 0 Å². The predicted octanol–water partition coefficient (Wildman–Crippen LogP) is 2.19. The maximum absolute atomic E-state index is 12.1. The van der Waals surface area contributed by atoms with Gasteiger partial charge in [-0.25, -0.2) is 9.78 Å². The third-order valence-corrected chi connectivity index (χ3v) is 3.13. The summed E-state index contributed by atoms with van der Waals surface area (Å²) in [5.41, 5.74) is 1.36. The lowest BCUT2D eigenvalue weighted by Gasteiger charge is -2.10. The lowest BCUT2D eigenvalue weighted by Crippen LogP contribution is -2.23. The van der Waals surface area contributed by atoms with Crippen LogP contribution in [0.25, 0.3) is 11.0 Å². The second-order valence-electron chi connectivity index (χ2n) is 4.32. The van der Waals surface area contributed by atoms with Crippen molar-refractivity contribution in [1.82, 2.24) is 9.97 Å². The number of H-pyrrole nitrogens is 1. The smallest absolute Gasteiger partial charge is 0.344 e. The maximum atomic E-state index is 12.1. The van der Waals surface area contributed by atoms with Gasteiger partial charge in [-0.3, -0.25) is 4.79 Å². The Kier molecular flexibility index (Phi) is 4.39. The van der Waals surface area contributed by atoms with E-state index in [0.717, 1.165) is 11.1 Å². The molecule has 2 rings (SSSR count). The van der Waals surface area contributed by atoms with Gasteiger partial charge in [0.05, 0.1) is 6.61 Å². The first kappa shape index (κ1) is 14.5. The number of alkyl halides is 1. The molecule has 0 fully saturated rings. The van der Waals surface area contributed by atoms with Crippen LogP contribution < -0.4 is 5.56 Å². The molecule has 0 aliphatic rings. The third-order valence-electron chi connectivity index (χ3n) is 2.94. The normalized spacial score (nSPS) is 10.8. The number of halogens is 1. The number of nitrogens with one attached hydrogen (secondary N) is 1. The second-order valence-corrected chi connectivity index (χ2v) is 4.69. The Bertz CT molecular complexity index is 709. The van der Waals surface area contributed by atoms with Crippen LogP contribution in [0.2, 0.25) is 0 Å². The zero-order valence-electron chi connectivity index (χ0n) is 11.3. The zero-order chi connectivity index (χ0) is 14.7. The molecule has 2 heterocycles. The van der Waals surface area contributed by atoms with E-state index >= 15 is 0 Å². The van der Waals surface area contributed by atoms with E-state index in [1.54, 1.807) is 6.92 Å². The molecule has 20 heavy (non-hydrogen) atoms. The van der Waals surface area contributed by atoms with Crippen LogP contribution >= 0.6 is 11.6 Å². The van der Waals surface area contributed by atoms with Crippen molar-refractivity contribution in [3.05, 3.63) is 39.3 Å². The number of rotatable bonds is 4. The fourth-order valence-corrected chi connectivity index (χ4v) is 2.30. The average Bonchev–Trinajstić information content (AvgIpc) is 2.38. The minimum absolute atomic E-state index is 0.0191. The van der Waals surface area contributed by atoms with Crippen LogP contribution in [0.5, 0.6) is 0 Å². The summed E-state index contributed by atoms with van der Waals surface area (Å²) in [4.78, 5) is 31.0. The van der Waals surface area contributed by atoms with Crippen molar-refractivity contribution in [1.29, 1.82) is 0 Å². The van der Waals surface area contributed by atoms with E-state index in [4.69, 9.17) is 16.3 Å². The third kappa shape index (κ3) is 2.67. The summed E-state index contributed by atoms with van der Waals surface area (Å²) in [6.07, 6.45) is 0.404. The van der Waals surface area contributed by atoms with Crippen molar-refractivity contribution >= 4 is 28.6 Å². The van der Waals surface area contributed by atoms with E-state index in [1.807, 2.05) is 19.1 Å². The van der Waals surface area contributed by atoms with E-state index < -0.39 is 11.5 Å². The first-order chi connectivity index (χ1) is 9.58. The monoisotopic (exact) mass is 294 g/mol. The van der Waals surface area contributed by atoms with Crippen molar-refractivity contribution < 1.29 is 9.53 Å². The summed E-state index contributed by atoms with van der Waals surface area (Å²) < 4.78 is 4.95. The molecule has 5 nitrogen and oxygen atoms in total. The second kappa shape index (κ2) is 6.05. The van der Waals surface area contributed by atoms with Crippen LogP contribution in [0.3, 0.4) is 0 Å². The van der Waals surface area contributed by atoms with Crippen LogP contribution in [0.1, 0.15) is 28.5 Å². The Morgan fingerprint density at radius 2 is 2.20 bits per heavy atom. The van der Waals surface area contributed by atoms with E-state index in [0.29, 0.717) is 23.5 Å². The molecule has 1 N–H and O–H groups in total. The highest BCUT2D eigenvalue weighted by Crippen LogP contribution is 2.19. The van der Waals surface area contributed by atoms with Gasteiger partial charge >= 0.3 is 5.97 Å². The molecule has 0 aliphatic heterocycles. The quantitative estimate of drug-likeness (QED) is 0.693. The van der Waals surface area contributed by atoms with E-state index in [2.05, 4.69) is 9.97 Å². The Morgan fingerprint density at radius 3 is 2.85 bits per heavy atom. The SMILES string of the molecule is CCOC(=O)c1c(CCCl)c2ccc(C)nc2[nH]c1=O. The van der Waals surface area contributed by atoms with Gasteiger partial charge in [0.15, 0.2) is 0 Å². The number of esters is 1. The number of ether oxygens (including phenoxy) is 1. The summed E-state index contributed by atoms with van der Waals surface area (Å²) in [6, 6.07) is 3.66. The minimum atomic E-state index is -0.628. The highest BCUT2D eigenvalue weighted by atomic mass is 35.5. The van der Waals surface area contributed by atoms with E-state index in [9.17, 15) is 9.59 Å². The predicted molar refractivity (Wildman–Crippen MR) is 77.5 cm³/mol. The first-order valence-electron chi connectivity index (χ1n) is 6.34. The van der Waals surface area contributed by atoms with Gasteiger partial charge in [0.1, 0.15) is 11.2 Å². The number of hydrogen-bond acceptors (Lipinski definition) is 4. The standard InChI is InChI=1S/C14H15ClN2O3/c1-3-20-14(19)11-9(6-7-15)10-5-4-8(2)16-12(10)17-13(11)18/h4-5H,3,6-7H2,1-2H3,(H,16,17,18). The molecule has 106 valence electrons. The average molecular weight is 295 g/mol. The number of aryl methyl sites for hydroxylation is 2.